The zero-order valence-corrected chi connectivity index (χ0v) is 17.7. The molecule has 2 amide bonds. The van der Waals surface area contributed by atoms with Crippen molar-refractivity contribution in [1.29, 1.82) is 0 Å². The second-order valence-corrected chi connectivity index (χ2v) is 7.80. The summed E-state index contributed by atoms with van der Waals surface area (Å²) in [5, 5.41) is 6.05. The van der Waals surface area contributed by atoms with Crippen LogP contribution in [0.1, 0.15) is 22.8 Å². The largest absolute Gasteiger partial charge is 0.497 e. The van der Waals surface area contributed by atoms with Gasteiger partial charge in [0.15, 0.2) is 0 Å². The maximum Gasteiger partial charge on any atom is 0.265 e. The van der Waals surface area contributed by atoms with Gasteiger partial charge in [-0.15, -0.1) is 11.8 Å². The highest BCUT2D eigenvalue weighted by atomic mass is 35.5. The van der Waals surface area contributed by atoms with Crippen LogP contribution in [0.5, 0.6) is 5.75 Å². The van der Waals surface area contributed by atoms with E-state index in [0.29, 0.717) is 45.8 Å². The van der Waals surface area contributed by atoms with E-state index in [-0.39, 0.29) is 11.8 Å². The third kappa shape index (κ3) is 5.46. The van der Waals surface area contributed by atoms with Crippen LogP contribution < -0.4 is 15.4 Å². The molecule has 8 heteroatoms. The van der Waals surface area contributed by atoms with E-state index in [1.54, 1.807) is 26.2 Å². The molecule has 0 saturated carbocycles. The highest BCUT2D eigenvalue weighted by molar-refractivity contribution is 8.04. The van der Waals surface area contributed by atoms with E-state index in [1.807, 2.05) is 24.3 Å². The SMILES string of the molecule is COc1ccc(CNC(=O)c2cc(Cl)ccc2NC(=O)C2=C(C)OCCS2)cc1. The number of halogens is 1. The van der Waals surface area contributed by atoms with Crippen LogP contribution in [0.2, 0.25) is 5.02 Å². The number of benzene rings is 2. The van der Waals surface area contributed by atoms with Crippen molar-refractivity contribution in [1.82, 2.24) is 5.32 Å². The number of thioether (sulfide) groups is 1. The molecule has 0 spiro atoms. The van der Waals surface area contributed by atoms with Crippen molar-refractivity contribution in [3.63, 3.8) is 0 Å². The summed E-state index contributed by atoms with van der Waals surface area (Å²) < 4.78 is 10.6. The standard InChI is InChI=1S/C21H21ClN2O4S/c1-13-19(29-10-9-28-13)21(26)24-18-8-5-15(22)11-17(18)20(25)23-12-14-3-6-16(27-2)7-4-14/h3-8,11H,9-10,12H2,1-2H3,(H,23,25)(H,24,26). The van der Waals surface area contributed by atoms with E-state index >= 15 is 0 Å². The molecule has 152 valence electrons. The molecule has 3 rings (SSSR count). The van der Waals surface area contributed by atoms with Crippen LogP contribution >= 0.6 is 23.4 Å². The number of hydrogen-bond acceptors (Lipinski definition) is 5. The minimum absolute atomic E-state index is 0.291. The first-order chi connectivity index (χ1) is 14.0. The number of amides is 2. The Morgan fingerprint density at radius 1 is 1.17 bits per heavy atom. The monoisotopic (exact) mass is 432 g/mol. The molecule has 0 bridgehead atoms. The van der Waals surface area contributed by atoms with Gasteiger partial charge in [-0.2, -0.15) is 0 Å². The zero-order chi connectivity index (χ0) is 20.8. The first-order valence-corrected chi connectivity index (χ1v) is 10.3. The molecule has 6 nitrogen and oxygen atoms in total. The summed E-state index contributed by atoms with van der Waals surface area (Å²) >= 11 is 7.51. The Balaban J connectivity index is 1.73. The van der Waals surface area contributed by atoms with Crippen LogP contribution in [0.15, 0.2) is 53.1 Å². The number of carbonyl (C=O) groups excluding carboxylic acids is 2. The molecule has 0 atom stereocenters. The molecule has 1 aliphatic heterocycles. The lowest BCUT2D eigenvalue weighted by atomic mass is 10.1. The van der Waals surface area contributed by atoms with Crippen molar-refractivity contribution in [2.75, 3.05) is 24.8 Å². The van der Waals surface area contributed by atoms with Crippen LogP contribution in [0.25, 0.3) is 0 Å². The lowest BCUT2D eigenvalue weighted by Crippen LogP contribution is -2.25. The van der Waals surface area contributed by atoms with Crippen molar-refractivity contribution in [2.45, 2.75) is 13.5 Å². The van der Waals surface area contributed by atoms with Crippen LogP contribution in [0.3, 0.4) is 0 Å². The number of nitrogens with one attached hydrogen (secondary N) is 2. The molecule has 29 heavy (non-hydrogen) atoms. The summed E-state index contributed by atoms with van der Waals surface area (Å²) in [5.41, 5.74) is 1.60. The second-order valence-electron chi connectivity index (χ2n) is 6.26. The van der Waals surface area contributed by atoms with Gasteiger partial charge in [0, 0.05) is 17.3 Å². The van der Waals surface area contributed by atoms with E-state index in [2.05, 4.69) is 10.6 Å². The molecule has 2 aromatic carbocycles. The molecule has 0 unspecified atom stereocenters. The Bertz CT molecular complexity index is 944. The molecule has 1 aliphatic rings. The lowest BCUT2D eigenvalue weighted by Gasteiger charge is -2.18. The quantitative estimate of drug-likeness (QED) is 0.715. The van der Waals surface area contributed by atoms with Crippen molar-refractivity contribution in [3.05, 3.63) is 69.3 Å². The second kappa shape index (κ2) is 9.71. The molecule has 2 aromatic rings. The van der Waals surface area contributed by atoms with Gasteiger partial charge in [-0.25, -0.2) is 0 Å². The highest BCUT2D eigenvalue weighted by Crippen LogP contribution is 2.28. The first kappa shape index (κ1) is 21.1. The molecule has 0 aliphatic carbocycles. The molecule has 1 heterocycles. The number of anilines is 1. The van der Waals surface area contributed by atoms with Gasteiger partial charge in [0.25, 0.3) is 11.8 Å². The third-order valence-electron chi connectivity index (χ3n) is 4.26. The Kier molecular flexibility index (Phi) is 7.06. The number of rotatable bonds is 6. The van der Waals surface area contributed by atoms with Crippen LogP contribution in [0, 0.1) is 0 Å². The van der Waals surface area contributed by atoms with Gasteiger partial charge in [0.05, 0.1) is 25.0 Å². The topological polar surface area (TPSA) is 76.7 Å². The lowest BCUT2D eigenvalue weighted by molar-refractivity contribution is -0.112. The zero-order valence-electron chi connectivity index (χ0n) is 16.1. The predicted molar refractivity (Wildman–Crippen MR) is 115 cm³/mol. The minimum atomic E-state index is -0.336. The van der Waals surface area contributed by atoms with E-state index in [4.69, 9.17) is 21.1 Å². The Morgan fingerprint density at radius 3 is 2.62 bits per heavy atom. The third-order valence-corrected chi connectivity index (χ3v) is 5.63. The smallest absolute Gasteiger partial charge is 0.265 e. The fourth-order valence-electron chi connectivity index (χ4n) is 2.74. The Labute approximate surface area is 178 Å². The number of allylic oxidation sites excluding steroid dienone is 1. The van der Waals surface area contributed by atoms with Gasteiger partial charge in [0.1, 0.15) is 16.4 Å². The molecular formula is C21H21ClN2O4S. The summed E-state index contributed by atoms with van der Waals surface area (Å²) in [6.45, 7) is 2.66. The molecule has 0 radical (unpaired) electrons. The fourth-order valence-corrected chi connectivity index (χ4v) is 3.73. The maximum atomic E-state index is 12.7. The predicted octanol–water partition coefficient (Wildman–Crippen LogP) is 4.21. The van der Waals surface area contributed by atoms with Gasteiger partial charge in [-0.1, -0.05) is 23.7 Å². The molecule has 0 aromatic heterocycles. The van der Waals surface area contributed by atoms with Gasteiger partial charge >= 0.3 is 0 Å². The van der Waals surface area contributed by atoms with Crippen molar-refractivity contribution in [2.24, 2.45) is 0 Å². The molecular weight excluding hydrogens is 412 g/mol. The normalized spacial score (nSPS) is 13.5. The Morgan fingerprint density at radius 2 is 1.93 bits per heavy atom. The van der Waals surface area contributed by atoms with Gasteiger partial charge in [-0.3, -0.25) is 9.59 Å². The molecule has 2 N–H and O–H groups in total. The van der Waals surface area contributed by atoms with Crippen LogP contribution in [-0.2, 0) is 16.1 Å². The van der Waals surface area contributed by atoms with Crippen LogP contribution in [0.4, 0.5) is 5.69 Å². The fraction of sp³-hybridized carbons (Fsp3) is 0.238. The van der Waals surface area contributed by atoms with E-state index in [1.165, 1.54) is 17.8 Å². The van der Waals surface area contributed by atoms with Gasteiger partial charge in [-0.05, 0) is 42.8 Å². The molecule has 0 saturated heterocycles. The summed E-state index contributed by atoms with van der Waals surface area (Å²) in [4.78, 5) is 25.9. The number of ether oxygens (including phenoxy) is 2. The van der Waals surface area contributed by atoms with Gasteiger partial charge in [0.2, 0.25) is 0 Å². The van der Waals surface area contributed by atoms with E-state index in [9.17, 15) is 9.59 Å². The number of methoxy groups -OCH3 is 1. The van der Waals surface area contributed by atoms with E-state index < -0.39 is 0 Å². The summed E-state index contributed by atoms with van der Waals surface area (Å²) in [6.07, 6.45) is 0. The maximum absolute atomic E-state index is 12.7. The minimum Gasteiger partial charge on any atom is -0.497 e. The molecule has 0 fully saturated rings. The number of carbonyl (C=O) groups is 2. The highest BCUT2D eigenvalue weighted by Gasteiger charge is 2.21. The average Bonchev–Trinajstić information content (AvgIpc) is 2.73. The summed E-state index contributed by atoms with van der Waals surface area (Å²) in [7, 11) is 1.60. The summed E-state index contributed by atoms with van der Waals surface area (Å²) in [5.74, 6) is 1.39. The van der Waals surface area contributed by atoms with Crippen molar-refractivity contribution < 1.29 is 19.1 Å². The van der Waals surface area contributed by atoms with E-state index in [0.717, 1.165) is 11.3 Å². The van der Waals surface area contributed by atoms with Crippen LogP contribution in [-0.4, -0.2) is 31.3 Å². The number of hydrogen-bond donors (Lipinski definition) is 2. The van der Waals surface area contributed by atoms with Crippen molar-refractivity contribution in [3.8, 4) is 5.75 Å². The summed E-state index contributed by atoms with van der Waals surface area (Å²) in [6, 6.07) is 12.2. The first-order valence-electron chi connectivity index (χ1n) is 8.96. The average molecular weight is 433 g/mol. The van der Waals surface area contributed by atoms with Crippen molar-refractivity contribution >= 4 is 40.9 Å². The van der Waals surface area contributed by atoms with Gasteiger partial charge < -0.3 is 20.1 Å². The Hall–Kier alpha value is -2.64.